The lowest BCUT2D eigenvalue weighted by molar-refractivity contribution is -0.123. The third-order valence-corrected chi connectivity index (χ3v) is 4.95. The van der Waals surface area contributed by atoms with Crippen molar-refractivity contribution < 1.29 is 4.79 Å². The van der Waals surface area contributed by atoms with Gasteiger partial charge in [-0.1, -0.05) is 31.9 Å². The SMILES string of the molecule is C[C@@H]1CCCC[C@@H]1NC(=O)CN(C)Cc1nc2ccccc2c(=O)[nH]1. The smallest absolute Gasteiger partial charge is 0.258 e. The molecule has 3 rings (SSSR count). The summed E-state index contributed by atoms with van der Waals surface area (Å²) in [6, 6.07) is 7.55. The molecule has 1 aliphatic carbocycles. The van der Waals surface area contributed by atoms with Crippen molar-refractivity contribution in [1.29, 1.82) is 0 Å². The second-order valence-electron chi connectivity index (χ2n) is 7.14. The molecule has 1 heterocycles. The molecule has 0 unspecified atom stereocenters. The van der Waals surface area contributed by atoms with Crippen molar-refractivity contribution in [2.75, 3.05) is 13.6 Å². The average molecular weight is 342 g/mol. The van der Waals surface area contributed by atoms with E-state index in [1.807, 2.05) is 30.1 Å². The van der Waals surface area contributed by atoms with E-state index in [0.717, 1.165) is 6.42 Å². The van der Waals surface area contributed by atoms with E-state index in [9.17, 15) is 9.59 Å². The Hall–Kier alpha value is -2.21. The van der Waals surface area contributed by atoms with Crippen LogP contribution in [0.3, 0.4) is 0 Å². The summed E-state index contributed by atoms with van der Waals surface area (Å²) in [7, 11) is 1.86. The third kappa shape index (κ3) is 4.45. The van der Waals surface area contributed by atoms with E-state index in [4.69, 9.17) is 0 Å². The van der Waals surface area contributed by atoms with Crippen LogP contribution < -0.4 is 10.9 Å². The molecule has 0 aliphatic heterocycles. The molecule has 0 radical (unpaired) electrons. The molecule has 1 aromatic heterocycles. The molecule has 0 spiro atoms. The van der Waals surface area contributed by atoms with Crippen molar-refractivity contribution in [1.82, 2.24) is 20.2 Å². The van der Waals surface area contributed by atoms with Crippen molar-refractivity contribution >= 4 is 16.8 Å². The molecule has 1 fully saturated rings. The largest absolute Gasteiger partial charge is 0.352 e. The fraction of sp³-hybridized carbons (Fsp3) is 0.526. The zero-order valence-electron chi connectivity index (χ0n) is 14.9. The predicted octanol–water partition coefficient (Wildman–Crippen LogP) is 2.05. The van der Waals surface area contributed by atoms with Gasteiger partial charge < -0.3 is 10.3 Å². The van der Waals surface area contributed by atoms with Gasteiger partial charge in [0.1, 0.15) is 5.82 Å². The van der Waals surface area contributed by atoms with Crippen LogP contribution in [0.25, 0.3) is 10.9 Å². The molecular weight excluding hydrogens is 316 g/mol. The second-order valence-corrected chi connectivity index (χ2v) is 7.14. The van der Waals surface area contributed by atoms with E-state index >= 15 is 0 Å². The van der Waals surface area contributed by atoms with Crippen LogP contribution in [0.4, 0.5) is 0 Å². The van der Waals surface area contributed by atoms with E-state index in [2.05, 4.69) is 22.2 Å². The highest BCUT2D eigenvalue weighted by Crippen LogP contribution is 2.23. The molecule has 0 bridgehead atoms. The highest BCUT2D eigenvalue weighted by molar-refractivity contribution is 5.78. The first kappa shape index (κ1) is 17.6. The second kappa shape index (κ2) is 7.78. The summed E-state index contributed by atoms with van der Waals surface area (Å²) in [5.74, 6) is 1.15. The lowest BCUT2D eigenvalue weighted by Crippen LogP contribution is -2.45. The molecule has 2 N–H and O–H groups in total. The monoisotopic (exact) mass is 342 g/mol. The quantitative estimate of drug-likeness (QED) is 0.872. The highest BCUT2D eigenvalue weighted by atomic mass is 16.2. The van der Waals surface area contributed by atoms with Crippen LogP contribution in [0.1, 0.15) is 38.4 Å². The summed E-state index contributed by atoms with van der Waals surface area (Å²) in [6.07, 6.45) is 4.70. The van der Waals surface area contributed by atoms with E-state index < -0.39 is 0 Å². The van der Waals surface area contributed by atoms with E-state index in [1.165, 1.54) is 19.3 Å². The standard InChI is InChI=1S/C19H26N4O2/c1-13-7-3-5-9-15(13)21-18(24)12-23(2)11-17-20-16-10-6-4-8-14(16)19(25)22-17/h4,6,8,10,13,15H,3,5,7,9,11-12H2,1-2H3,(H,21,24)(H,20,22,25)/t13-,15+/m1/s1. The van der Waals surface area contributed by atoms with Gasteiger partial charge in [-0.05, 0) is 37.9 Å². The molecule has 0 saturated heterocycles. The van der Waals surface area contributed by atoms with Crippen molar-refractivity contribution in [2.24, 2.45) is 5.92 Å². The number of amides is 1. The predicted molar refractivity (Wildman–Crippen MR) is 98.3 cm³/mol. The number of nitrogens with one attached hydrogen (secondary N) is 2. The number of carbonyl (C=O) groups excluding carboxylic acids is 1. The van der Waals surface area contributed by atoms with E-state index in [-0.39, 0.29) is 17.5 Å². The Balaban J connectivity index is 1.59. The number of aromatic nitrogens is 2. The van der Waals surface area contributed by atoms with Crippen molar-refractivity contribution in [2.45, 2.75) is 45.2 Å². The van der Waals surface area contributed by atoms with Gasteiger partial charge in [0, 0.05) is 6.04 Å². The van der Waals surface area contributed by atoms with Crippen molar-refractivity contribution in [3.63, 3.8) is 0 Å². The van der Waals surface area contributed by atoms with Gasteiger partial charge in [-0.25, -0.2) is 4.98 Å². The number of nitrogens with zero attached hydrogens (tertiary/aromatic N) is 2. The summed E-state index contributed by atoms with van der Waals surface area (Å²) >= 11 is 0. The van der Waals surface area contributed by atoms with Crippen LogP contribution in [-0.2, 0) is 11.3 Å². The first-order valence-electron chi connectivity index (χ1n) is 8.99. The summed E-state index contributed by atoms with van der Waals surface area (Å²) in [5, 5.41) is 3.73. The highest BCUT2D eigenvalue weighted by Gasteiger charge is 2.23. The first-order chi connectivity index (χ1) is 12.0. The summed E-state index contributed by atoms with van der Waals surface area (Å²) < 4.78 is 0. The van der Waals surface area contributed by atoms with E-state index in [1.54, 1.807) is 6.07 Å². The van der Waals surface area contributed by atoms with Crippen LogP contribution in [0.5, 0.6) is 0 Å². The van der Waals surface area contributed by atoms with Gasteiger partial charge >= 0.3 is 0 Å². The van der Waals surface area contributed by atoms with Crippen LogP contribution in [-0.4, -0.2) is 40.4 Å². The number of para-hydroxylation sites is 1. The molecule has 1 aliphatic rings. The average Bonchev–Trinajstić information content (AvgIpc) is 2.57. The van der Waals surface area contributed by atoms with Gasteiger partial charge in [0.15, 0.2) is 0 Å². The molecule has 2 aromatic rings. The van der Waals surface area contributed by atoms with Crippen LogP contribution >= 0.6 is 0 Å². The maximum atomic E-state index is 12.3. The van der Waals surface area contributed by atoms with Crippen LogP contribution in [0.15, 0.2) is 29.1 Å². The topological polar surface area (TPSA) is 78.1 Å². The maximum Gasteiger partial charge on any atom is 0.258 e. The van der Waals surface area contributed by atoms with Gasteiger partial charge in [0.25, 0.3) is 5.56 Å². The van der Waals surface area contributed by atoms with Crippen molar-refractivity contribution in [3.8, 4) is 0 Å². The zero-order valence-corrected chi connectivity index (χ0v) is 14.9. The number of H-pyrrole nitrogens is 1. The molecular formula is C19H26N4O2. The molecule has 2 atom stereocenters. The Morgan fingerprint density at radius 2 is 2.08 bits per heavy atom. The Morgan fingerprint density at radius 3 is 2.88 bits per heavy atom. The molecule has 6 heteroatoms. The number of fused-ring (bicyclic) bond motifs is 1. The van der Waals surface area contributed by atoms with Gasteiger partial charge in [0.05, 0.1) is 24.0 Å². The minimum Gasteiger partial charge on any atom is -0.352 e. The number of likely N-dealkylation sites (N-methyl/N-ethyl adjacent to an activating group) is 1. The lowest BCUT2D eigenvalue weighted by Gasteiger charge is -2.30. The lowest BCUT2D eigenvalue weighted by atomic mass is 9.86. The molecule has 1 saturated carbocycles. The van der Waals surface area contributed by atoms with Gasteiger partial charge in [-0.2, -0.15) is 0 Å². The molecule has 6 nitrogen and oxygen atoms in total. The first-order valence-corrected chi connectivity index (χ1v) is 8.99. The molecule has 1 amide bonds. The Labute approximate surface area is 147 Å². The van der Waals surface area contributed by atoms with Gasteiger partial charge in [0.2, 0.25) is 5.91 Å². The van der Waals surface area contributed by atoms with Gasteiger partial charge in [-0.3, -0.25) is 14.5 Å². The Kier molecular flexibility index (Phi) is 5.48. The van der Waals surface area contributed by atoms with Crippen LogP contribution in [0.2, 0.25) is 0 Å². The normalized spacial score (nSPS) is 20.8. The number of rotatable bonds is 5. The number of hydrogen-bond donors (Lipinski definition) is 2. The molecule has 1 aromatic carbocycles. The summed E-state index contributed by atoms with van der Waals surface area (Å²) in [6.45, 7) is 2.92. The molecule has 25 heavy (non-hydrogen) atoms. The minimum atomic E-state index is -0.144. The van der Waals surface area contributed by atoms with Crippen LogP contribution in [0, 0.1) is 5.92 Å². The number of carbonyl (C=O) groups is 1. The van der Waals surface area contributed by atoms with Crippen molar-refractivity contribution in [3.05, 3.63) is 40.4 Å². The Morgan fingerprint density at radius 1 is 1.32 bits per heavy atom. The minimum absolute atomic E-state index is 0.0318. The fourth-order valence-corrected chi connectivity index (χ4v) is 3.55. The summed E-state index contributed by atoms with van der Waals surface area (Å²) in [4.78, 5) is 33.6. The maximum absolute atomic E-state index is 12.3. The van der Waals surface area contributed by atoms with E-state index in [0.29, 0.717) is 35.7 Å². The third-order valence-electron chi connectivity index (χ3n) is 4.95. The fourth-order valence-electron chi connectivity index (χ4n) is 3.55. The molecule has 134 valence electrons. The Bertz CT molecular complexity index is 801. The van der Waals surface area contributed by atoms with Gasteiger partial charge in [-0.15, -0.1) is 0 Å². The summed E-state index contributed by atoms with van der Waals surface area (Å²) in [5.41, 5.74) is 0.532. The number of benzene rings is 1. The zero-order chi connectivity index (χ0) is 17.8. The number of aromatic amines is 1. The number of hydrogen-bond acceptors (Lipinski definition) is 4.